The van der Waals surface area contributed by atoms with E-state index in [1.54, 1.807) is 18.2 Å². The number of hydrogen-bond acceptors (Lipinski definition) is 4. The maximum atomic E-state index is 13.0. The number of rotatable bonds is 3. The smallest absolute Gasteiger partial charge is 0.331 e. The average Bonchev–Trinajstić information content (AvgIpc) is 2.68. The largest absolute Gasteiger partial charge is 0.425 e. The first kappa shape index (κ1) is 18.4. The number of ether oxygens (including phenoxy) is 1. The lowest BCUT2D eigenvalue weighted by Gasteiger charge is -2.43. The van der Waals surface area contributed by atoms with Crippen molar-refractivity contribution in [1.29, 1.82) is 0 Å². The highest BCUT2D eigenvalue weighted by molar-refractivity contribution is 6.08. The van der Waals surface area contributed by atoms with Crippen molar-refractivity contribution in [2.24, 2.45) is 11.3 Å². The minimum Gasteiger partial charge on any atom is -0.425 e. The Kier molecular flexibility index (Phi) is 4.54. The van der Waals surface area contributed by atoms with Gasteiger partial charge in [0.05, 0.1) is 0 Å². The van der Waals surface area contributed by atoms with Crippen molar-refractivity contribution in [3.63, 3.8) is 0 Å². The van der Waals surface area contributed by atoms with Gasteiger partial charge in [-0.1, -0.05) is 32.9 Å². The molecule has 1 aliphatic carbocycles. The molecule has 3 amide bonds. The van der Waals surface area contributed by atoms with Gasteiger partial charge in [0.15, 0.2) is 0 Å². The van der Waals surface area contributed by atoms with Crippen molar-refractivity contribution in [2.75, 3.05) is 6.54 Å². The minimum atomic E-state index is -0.901. The molecule has 2 fully saturated rings. The van der Waals surface area contributed by atoms with Gasteiger partial charge in [0.25, 0.3) is 5.91 Å². The summed E-state index contributed by atoms with van der Waals surface area (Å²) < 4.78 is 5.28. The van der Waals surface area contributed by atoms with Crippen LogP contribution < -0.4 is 10.1 Å². The molecule has 6 nitrogen and oxygen atoms in total. The summed E-state index contributed by atoms with van der Waals surface area (Å²) in [6.45, 7) is 7.83. The number of nitrogens with one attached hydrogen (secondary N) is 1. The molecule has 1 saturated heterocycles. The fraction of sp³-hybridized carbons (Fsp3) is 0.550. The molecule has 1 saturated carbocycles. The Labute approximate surface area is 153 Å². The summed E-state index contributed by atoms with van der Waals surface area (Å²) in [6.07, 6.45) is 2.19. The van der Waals surface area contributed by atoms with Gasteiger partial charge in [-0.3, -0.25) is 9.69 Å². The Hall–Kier alpha value is -2.37. The van der Waals surface area contributed by atoms with Gasteiger partial charge < -0.3 is 10.1 Å². The zero-order chi connectivity index (χ0) is 19.1. The van der Waals surface area contributed by atoms with E-state index in [0.29, 0.717) is 24.5 Å². The number of nitrogens with zero attached hydrogens (tertiary/aromatic N) is 1. The second-order valence-corrected chi connectivity index (χ2v) is 8.55. The van der Waals surface area contributed by atoms with Crippen LogP contribution in [0.25, 0.3) is 0 Å². The lowest BCUT2D eigenvalue weighted by molar-refractivity contribution is -0.142. The quantitative estimate of drug-likeness (QED) is 0.512. The Morgan fingerprint density at radius 1 is 1.31 bits per heavy atom. The summed E-state index contributed by atoms with van der Waals surface area (Å²) in [7, 11) is 0. The molecule has 140 valence electrons. The van der Waals surface area contributed by atoms with Gasteiger partial charge in [-0.25, -0.2) is 9.59 Å². The molecule has 0 bridgehead atoms. The van der Waals surface area contributed by atoms with Crippen LogP contribution in [0.5, 0.6) is 5.75 Å². The molecule has 0 radical (unpaired) electrons. The number of urea groups is 1. The Bertz CT molecular complexity index is 758. The minimum absolute atomic E-state index is 0.0430. The third kappa shape index (κ3) is 3.59. The maximum absolute atomic E-state index is 13.0. The lowest BCUT2D eigenvalue weighted by atomic mass is 9.64. The molecular weight excluding hydrogens is 332 g/mol. The third-order valence-corrected chi connectivity index (χ3v) is 5.13. The Morgan fingerprint density at radius 3 is 2.69 bits per heavy atom. The molecule has 1 aliphatic heterocycles. The molecular formula is C20H26N2O4. The summed E-state index contributed by atoms with van der Waals surface area (Å²) in [4.78, 5) is 38.6. The lowest BCUT2D eigenvalue weighted by Crippen LogP contribution is -2.54. The van der Waals surface area contributed by atoms with E-state index in [9.17, 15) is 14.4 Å². The van der Waals surface area contributed by atoms with Crippen LogP contribution in [0.15, 0.2) is 24.3 Å². The molecule has 2 unspecified atom stereocenters. The molecule has 1 aromatic carbocycles. The molecule has 1 heterocycles. The number of amides is 3. The molecule has 26 heavy (non-hydrogen) atoms. The summed E-state index contributed by atoms with van der Waals surface area (Å²) in [6, 6.07) is 6.57. The summed E-state index contributed by atoms with van der Waals surface area (Å²) in [5, 5.41) is 2.86. The van der Waals surface area contributed by atoms with Gasteiger partial charge in [0.1, 0.15) is 17.8 Å². The maximum Gasteiger partial charge on any atom is 0.331 e. The van der Waals surface area contributed by atoms with Crippen LogP contribution in [0.3, 0.4) is 0 Å². The average molecular weight is 358 g/mol. The first-order valence-corrected chi connectivity index (χ1v) is 9.02. The SMILES string of the molecule is Cc1cccc(OC(=O)CN2C(=O)NC3(CC(C)CC(C)(C)C3)C2=O)c1. The normalized spacial score (nSPS) is 27.5. The van der Waals surface area contributed by atoms with E-state index in [1.165, 1.54) is 0 Å². The predicted molar refractivity (Wildman–Crippen MR) is 96.6 cm³/mol. The molecule has 1 N–H and O–H groups in total. The first-order chi connectivity index (χ1) is 12.1. The highest BCUT2D eigenvalue weighted by Crippen LogP contribution is 2.46. The topological polar surface area (TPSA) is 75.7 Å². The predicted octanol–water partition coefficient (Wildman–Crippen LogP) is 3.04. The number of carbonyl (C=O) groups excluding carboxylic acids is 3. The van der Waals surface area contributed by atoms with Gasteiger partial charge in [-0.15, -0.1) is 0 Å². The molecule has 6 heteroatoms. The first-order valence-electron chi connectivity index (χ1n) is 9.02. The van der Waals surface area contributed by atoms with Crippen LogP contribution in [0.2, 0.25) is 0 Å². The highest BCUT2D eigenvalue weighted by atomic mass is 16.5. The van der Waals surface area contributed by atoms with Crippen LogP contribution in [-0.4, -0.2) is 34.9 Å². The summed E-state index contributed by atoms with van der Waals surface area (Å²) in [5.74, 6) is -0.214. The standard InChI is InChI=1S/C20H26N2O4/c1-13-6-5-7-15(8-13)26-16(23)11-22-17(24)20(21-18(22)25)10-14(2)9-19(3,4)12-20/h5-8,14H,9-12H2,1-4H3,(H,21,25). The van der Waals surface area contributed by atoms with E-state index in [1.807, 2.05) is 13.0 Å². The second-order valence-electron chi connectivity index (χ2n) is 8.55. The monoisotopic (exact) mass is 358 g/mol. The Morgan fingerprint density at radius 2 is 2.04 bits per heavy atom. The summed E-state index contributed by atoms with van der Waals surface area (Å²) >= 11 is 0. The van der Waals surface area contributed by atoms with Crippen molar-refractivity contribution in [1.82, 2.24) is 10.2 Å². The van der Waals surface area contributed by atoms with E-state index >= 15 is 0 Å². The highest BCUT2D eigenvalue weighted by Gasteiger charge is 2.56. The fourth-order valence-corrected chi connectivity index (χ4v) is 4.62. The Balaban J connectivity index is 1.72. The van der Waals surface area contributed by atoms with Crippen LogP contribution in [0.4, 0.5) is 4.79 Å². The third-order valence-electron chi connectivity index (χ3n) is 5.13. The van der Waals surface area contributed by atoms with Gasteiger partial charge in [0.2, 0.25) is 0 Å². The molecule has 2 aliphatic rings. The van der Waals surface area contributed by atoms with E-state index in [0.717, 1.165) is 16.9 Å². The number of esters is 1. The van der Waals surface area contributed by atoms with Gasteiger partial charge >= 0.3 is 12.0 Å². The van der Waals surface area contributed by atoms with Gasteiger partial charge in [-0.2, -0.15) is 0 Å². The molecule has 3 rings (SSSR count). The number of imide groups is 1. The van der Waals surface area contributed by atoms with E-state index in [-0.39, 0.29) is 17.9 Å². The van der Waals surface area contributed by atoms with Crippen LogP contribution in [0.1, 0.15) is 45.6 Å². The fourth-order valence-electron chi connectivity index (χ4n) is 4.62. The van der Waals surface area contributed by atoms with Crippen molar-refractivity contribution in [2.45, 2.75) is 52.5 Å². The zero-order valence-corrected chi connectivity index (χ0v) is 15.8. The summed E-state index contributed by atoms with van der Waals surface area (Å²) in [5.41, 5.74) is 0.0169. The van der Waals surface area contributed by atoms with Gasteiger partial charge in [-0.05, 0) is 55.2 Å². The molecule has 0 aromatic heterocycles. The molecule has 1 aromatic rings. The number of carbonyl (C=O) groups is 3. The van der Waals surface area contributed by atoms with Crippen LogP contribution in [0, 0.1) is 18.3 Å². The van der Waals surface area contributed by atoms with Gasteiger partial charge in [0, 0.05) is 0 Å². The van der Waals surface area contributed by atoms with E-state index in [2.05, 4.69) is 26.1 Å². The van der Waals surface area contributed by atoms with Crippen molar-refractivity contribution < 1.29 is 19.1 Å². The van der Waals surface area contributed by atoms with E-state index < -0.39 is 17.5 Å². The number of benzene rings is 1. The molecule has 1 spiro atoms. The number of hydrogen-bond donors (Lipinski definition) is 1. The van der Waals surface area contributed by atoms with Crippen LogP contribution in [-0.2, 0) is 9.59 Å². The zero-order valence-electron chi connectivity index (χ0n) is 15.8. The number of aryl methyl sites for hydroxylation is 1. The van der Waals surface area contributed by atoms with Crippen molar-refractivity contribution in [3.05, 3.63) is 29.8 Å². The van der Waals surface area contributed by atoms with E-state index in [4.69, 9.17) is 4.74 Å². The molecule has 2 atom stereocenters. The van der Waals surface area contributed by atoms with Crippen LogP contribution >= 0.6 is 0 Å². The van der Waals surface area contributed by atoms with Crippen molar-refractivity contribution >= 4 is 17.9 Å². The second kappa shape index (κ2) is 6.41. The van der Waals surface area contributed by atoms with Crippen molar-refractivity contribution in [3.8, 4) is 5.75 Å².